The fourth-order valence-electron chi connectivity index (χ4n) is 3.37. The molecule has 0 atom stereocenters. The van der Waals surface area contributed by atoms with Gasteiger partial charge in [0.1, 0.15) is 11.6 Å². The monoisotopic (exact) mass is 463 g/mol. The van der Waals surface area contributed by atoms with Gasteiger partial charge < -0.3 is 21.5 Å². The lowest BCUT2D eigenvalue weighted by molar-refractivity contribution is 0.105. The maximum atomic E-state index is 13.1. The Morgan fingerprint density at radius 3 is 2.18 bits per heavy atom. The van der Waals surface area contributed by atoms with Crippen LogP contribution in [0.5, 0.6) is 0 Å². The Hall–Kier alpha value is -3.68. The number of nitrogens with zero attached hydrogens (tertiary/aromatic N) is 2. The second kappa shape index (κ2) is 10.3. The van der Waals surface area contributed by atoms with Gasteiger partial charge in [0.05, 0.1) is 18.9 Å². The van der Waals surface area contributed by atoms with Gasteiger partial charge in [-0.3, -0.25) is 0 Å². The summed E-state index contributed by atoms with van der Waals surface area (Å²) in [6.07, 6.45) is 0. The highest BCUT2D eigenvalue weighted by Gasteiger charge is 2.14. The molecule has 0 amide bonds. The summed E-state index contributed by atoms with van der Waals surface area (Å²) < 4.78 is 18.9. The lowest BCUT2D eigenvalue weighted by atomic mass is 10.0. The summed E-state index contributed by atoms with van der Waals surface area (Å²) in [5.74, 6) is 0.0751. The zero-order valence-corrected chi connectivity index (χ0v) is 18.5. The van der Waals surface area contributed by atoms with Gasteiger partial charge in [-0.1, -0.05) is 48.0 Å². The average Bonchev–Trinajstić information content (AvgIpc) is 2.80. The molecule has 0 radical (unpaired) electrons. The summed E-state index contributed by atoms with van der Waals surface area (Å²) in [6, 6.07) is 21.6. The van der Waals surface area contributed by atoms with Gasteiger partial charge in [-0.05, 0) is 53.1 Å². The normalized spacial score (nSPS) is 10.8. The van der Waals surface area contributed by atoms with Crippen molar-refractivity contribution in [3.05, 3.63) is 100 Å². The molecule has 1 aromatic heterocycles. The second-order valence-electron chi connectivity index (χ2n) is 7.47. The number of nitrogen functional groups attached to an aromatic ring is 2. The molecule has 4 rings (SSSR count). The van der Waals surface area contributed by atoms with Crippen molar-refractivity contribution in [1.82, 2.24) is 9.97 Å². The fourth-order valence-corrected chi connectivity index (χ4v) is 3.50. The van der Waals surface area contributed by atoms with Gasteiger partial charge in [-0.25, -0.2) is 9.37 Å². The van der Waals surface area contributed by atoms with Gasteiger partial charge in [0, 0.05) is 22.8 Å². The first-order valence-electron chi connectivity index (χ1n) is 10.3. The molecule has 0 aliphatic carbocycles. The fraction of sp³-hybridized carbons (Fsp3) is 0.120. The highest BCUT2D eigenvalue weighted by Crippen LogP contribution is 2.30. The number of anilines is 3. The molecule has 0 bridgehead atoms. The van der Waals surface area contributed by atoms with Crippen molar-refractivity contribution in [1.29, 1.82) is 0 Å². The average molecular weight is 464 g/mol. The molecule has 0 fully saturated rings. The molecule has 0 aliphatic rings. The lowest BCUT2D eigenvalue weighted by Gasteiger charge is -2.14. The van der Waals surface area contributed by atoms with Crippen molar-refractivity contribution < 1.29 is 9.13 Å². The molecule has 0 saturated heterocycles. The molecule has 4 aromatic rings. The molecule has 1 heterocycles. The van der Waals surface area contributed by atoms with Crippen LogP contribution >= 0.6 is 11.6 Å². The number of benzene rings is 3. The molecule has 0 spiro atoms. The molecular formula is C25H23ClFN5O. The van der Waals surface area contributed by atoms with Crippen molar-refractivity contribution in [2.75, 3.05) is 16.8 Å². The van der Waals surface area contributed by atoms with E-state index in [0.717, 1.165) is 22.4 Å². The third kappa shape index (κ3) is 5.97. The number of nitrogens with two attached hydrogens (primary N) is 2. The van der Waals surface area contributed by atoms with Crippen LogP contribution < -0.4 is 16.8 Å². The Balaban J connectivity index is 1.46. The van der Waals surface area contributed by atoms with Crippen molar-refractivity contribution in [2.45, 2.75) is 19.8 Å². The van der Waals surface area contributed by atoms with Crippen LogP contribution in [0.1, 0.15) is 16.8 Å². The lowest BCUT2D eigenvalue weighted by Crippen LogP contribution is -2.08. The third-order valence-corrected chi connectivity index (χ3v) is 5.29. The van der Waals surface area contributed by atoms with Gasteiger partial charge in [0.25, 0.3) is 0 Å². The van der Waals surface area contributed by atoms with E-state index in [9.17, 15) is 4.39 Å². The number of halogens is 2. The van der Waals surface area contributed by atoms with Crippen molar-refractivity contribution in [2.24, 2.45) is 0 Å². The minimum atomic E-state index is -0.288. The van der Waals surface area contributed by atoms with Gasteiger partial charge in [0.15, 0.2) is 0 Å². The highest BCUT2D eigenvalue weighted by molar-refractivity contribution is 6.30. The first kappa shape index (κ1) is 22.5. The maximum Gasteiger partial charge on any atom is 0.222 e. The smallest absolute Gasteiger partial charge is 0.222 e. The van der Waals surface area contributed by atoms with Crippen LogP contribution in [0.15, 0.2) is 72.8 Å². The summed E-state index contributed by atoms with van der Waals surface area (Å²) in [6.45, 7) is 1.16. The summed E-state index contributed by atoms with van der Waals surface area (Å²) >= 11 is 5.94. The van der Waals surface area contributed by atoms with Crippen LogP contribution in [0.25, 0.3) is 11.1 Å². The zero-order valence-electron chi connectivity index (χ0n) is 17.8. The summed E-state index contributed by atoms with van der Waals surface area (Å²) in [7, 11) is 0. The summed E-state index contributed by atoms with van der Waals surface area (Å²) in [5.41, 5.74) is 17.0. The molecular weight excluding hydrogens is 441 g/mol. The summed E-state index contributed by atoms with van der Waals surface area (Å²) in [5, 5.41) is 4.09. The number of nitrogens with one attached hydrogen (secondary N) is 1. The molecule has 0 unspecified atom stereocenters. The van der Waals surface area contributed by atoms with E-state index in [1.54, 1.807) is 12.1 Å². The summed E-state index contributed by atoms with van der Waals surface area (Å²) in [4.78, 5) is 8.45. The first-order chi connectivity index (χ1) is 16.0. The van der Waals surface area contributed by atoms with Gasteiger partial charge >= 0.3 is 0 Å². The minimum Gasteiger partial charge on any atom is -0.383 e. The van der Waals surface area contributed by atoms with Crippen molar-refractivity contribution >= 4 is 29.1 Å². The Kier molecular flexibility index (Phi) is 7.02. The van der Waals surface area contributed by atoms with E-state index in [4.69, 9.17) is 27.8 Å². The van der Waals surface area contributed by atoms with Crippen LogP contribution in [0.3, 0.4) is 0 Å². The maximum absolute atomic E-state index is 13.1. The number of hydrogen-bond acceptors (Lipinski definition) is 6. The van der Waals surface area contributed by atoms with Crippen LogP contribution in [-0.4, -0.2) is 9.97 Å². The molecule has 33 heavy (non-hydrogen) atoms. The number of aromatic nitrogens is 2. The number of hydrogen-bond donors (Lipinski definition) is 3. The highest BCUT2D eigenvalue weighted by atomic mass is 35.5. The van der Waals surface area contributed by atoms with E-state index in [0.29, 0.717) is 29.4 Å². The molecule has 8 heteroatoms. The van der Waals surface area contributed by atoms with E-state index in [1.165, 1.54) is 12.1 Å². The van der Waals surface area contributed by atoms with Crippen molar-refractivity contribution in [3.63, 3.8) is 0 Å². The predicted octanol–water partition coefficient (Wildman–Crippen LogP) is 5.43. The number of ether oxygens (including phenoxy) is 1. The predicted molar refractivity (Wildman–Crippen MR) is 130 cm³/mol. The zero-order chi connectivity index (χ0) is 23.2. The quantitative estimate of drug-likeness (QED) is 0.322. The van der Waals surface area contributed by atoms with E-state index in [2.05, 4.69) is 15.3 Å². The van der Waals surface area contributed by atoms with Gasteiger partial charge in [0.2, 0.25) is 5.95 Å². The molecule has 0 aliphatic heterocycles. The Morgan fingerprint density at radius 2 is 1.48 bits per heavy atom. The third-order valence-electron chi connectivity index (χ3n) is 5.03. The van der Waals surface area contributed by atoms with E-state index < -0.39 is 0 Å². The van der Waals surface area contributed by atoms with Crippen LogP contribution in [0, 0.1) is 5.82 Å². The van der Waals surface area contributed by atoms with Crippen LogP contribution in [0.4, 0.5) is 21.8 Å². The van der Waals surface area contributed by atoms with Gasteiger partial charge in [-0.2, -0.15) is 4.98 Å². The van der Waals surface area contributed by atoms with Crippen molar-refractivity contribution in [3.8, 4) is 11.1 Å². The standard InChI is InChI=1S/C25H23ClFN5O/c26-19-7-1-16(2-8-19)13-30-21-11-5-18(6-12-21)23-22(31-25(29)32-24(23)28)15-33-14-17-3-9-20(27)10-4-17/h1-12,30H,13-15H2,(H4,28,29,31,32). The SMILES string of the molecule is Nc1nc(N)c(-c2ccc(NCc3ccc(Cl)cc3)cc2)c(COCc2ccc(F)cc2)n1. The Labute approximate surface area is 196 Å². The minimum absolute atomic E-state index is 0.0814. The van der Waals surface area contributed by atoms with Crippen LogP contribution in [-0.2, 0) is 24.5 Å². The van der Waals surface area contributed by atoms with E-state index in [1.807, 2.05) is 48.5 Å². The van der Waals surface area contributed by atoms with Gasteiger partial charge in [-0.15, -0.1) is 0 Å². The molecule has 168 valence electrons. The molecule has 0 saturated carbocycles. The largest absolute Gasteiger partial charge is 0.383 e. The van der Waals surface area contributed by atoms with Crippen LogP contribution in [0.2, 0.25) is 5.02 Å². The molecule has 5 N–H and O–H groups in total. The Bertz CT molecular complexity index is 1220. The number of rotatable bonds is 8. The first-order valence-corrected chi connectivity index (χ1v) is 10.7. The van der Waals surface area contributed by atoms with E-state index >= 15 is 0 Å². The molecule has 6 nitrogen and oxygen atoms in total. The topological polar surface area (TPSA) is 99.1 Å². The Morgan fingerprint density at radius 1 is 0.818 bits per heavy atom. The van der Waals surface area contributed by atoms with E-state index in [-0.39, 0.29) is 24.2 Å². The molecule has 3 aromatic carbocycles. The second-order valence-corrected chi connectivity index (χ2v) is 7.90.